The van der Waals surface area contributed by atoms with Gasteiger partial charge in [-0.3, -0.25) is 0 Å². The Bertz CT molecular complexity index is 1200. The number of benzene rings is 2. The van der Waals surface area contributed by atoms with Crippen LogP contribution in [0.4, 0.5) is 14.9 Å². The molecule has 3 atom stereocenters. The van der Waals surface area contributed by atoms with E-state index in [1.807, 2.05) is 18.2 Å². The van der Waals surface area contributed by atoms with Crippen LogP contribution in [0.25, 0.3) is 0 Å². The summed E-state index contributed by atoms with van der Waals surface area (Å²) in [6, 6.07) is 14.7. The minimum Gasteiger partial charge on any atom is -0.321 e. The molecule has 1 saturated heterocycles. The van der Waals surface area contributed by atoms with Crippen molar-refractivity contribution >= 4 is 23.3 Å². The van der Waals surface area contributed by atoms with Crippen LogP contribution in [0.2, 0.25) is 5.02 Å². The maximum Gasteiger partial charge on any atom is 0.322 e. The maximum absolute atomic E-state index is 13.7. The molecule has 3 aliphatic rings. The van der Waals surface area contributed by atoms with Gasteiger partial charge in [-0.2, -0.15) is 5.26 Å². The highest BCUT2D eigenvalue weighted by atomic mass is 35.5. The summed E-state index contributed by atoms with van der Waals surface area (Å²) in [6.07, 6.45) is 6.25. The van der Waals surface area contributed by atoms with E-state index in [4.69, 9.17) is 11.6 Å². The molecule has 202 valence electrons. The molecule has 5 nitrogen and oxygen atoms in total. The second-order valence-electron chi connectivity index (χ2n) is 12.0. The molecule has 0 aromatic heterocycles. The quantitative estimate of drug-likeness (QED) is 0.412. The number of carbonyl (C=O) groups is 1. The fourth-order valence-corrected chi connectivity index (χ4v) is 7.04. The lowest BCUT2D eigenvalue weighted by Crippen LogP contribution is -2.49. The Kier molecular flexibility index (Phi) is 7.98. The predicted octanol–water partition coefficient (Wildman–Crippen LogP) is 7.06. The second kappa shape index (κ2) is 11.2. The molecule has 1 N–H and O–H groups in total. The van der Waals surface area contributed by atoms with Crippen molar-refractivity contribution < 1.29 is 9.18 Å². The normalized spacial score (nSPS) is 25.5. The molecule has 1 aliphatic heterocycles. The number of nitrogens with zero attached hydrogens (tertiary/aromatic N) is 3. The van der Waals surface area contributed by atoms with Gasteiger partial charge in [-0.15, -0.1) is 0 Å². The van der Waals surface area contributed by atoms with Crippen molar-refractivity contribution in [3.8, 4) is 6.07 Å². The monoisotopic (exact) mass is 536 g/mol. The lowest BCUT2D eigenvalue weighted by atomic mass is 9.79. The van der Waals surface area contributed by atoms with E-state index in [0.29, 0.717) is 29.0 Å². The van der Waals surface area contributed by atoms with E-state index in [2.05, 4.69) is 41.1 Å². The third kappa shape index (κ3) is 5.84. The third-order valence-electron chi connectivity index (χ3n) is 8.94. The van der Waals surface area contributed by atoms with E-state index in [-0.39, 0.29) is 22.5 Å². The summed E-state index contributed by atoms with van der Waals surface area (Å²) in [7, 11) is 0. The van der Waals surface area contributed by atoms with Crippen molar-refractivity contribution in [3.63, 3.8) is 0 Å². The van der Waals surface area contributed by atoms with Crippen LogP contribution in [0.15, 0.2) is 42.5 Å². The highest BCUT2D eigenvalue weighted by Crippen LogP contribution is 2.63. The van der Waals surface area contributed by atoms with Gasteiger partial charge in [-0.25, -0.2) is 9.18 Å². The number of hydrogen-bond donors (Lipinski definition) is 1. The Hall–Kier alpha value is -2.62. The van der Waals surface area contributed by atoms with Gasteiger partial charge in [0.2, 0.25) is 0 Å². The van der Waals surface area contributed by atoms with Gasteiger partial charge >= 0.3 is 6.03 Å². The molecule has 2 aromatic rings. The van der Waals surface area contributed by atoms with Crippen molar-refractivity contribution in [1.82, 2.24) is 9.80 Å². The fraction of sp³-hybridized carbons (Fsp3) is 0.548. The number of nitrogens with one attached hydrogen (secondary N) is 1. The average Bonchev–Trinajstić information content (AvgIpc) is 3.65. The first-order valence-electron chi connectivity index (χ1n) is 14.0. The first-order valence-corrected chi connectivity index (χ1v) is 14.4. The van der Waals surface area contributed by atoms with Crippen LogP contribution in [0.1, 0.15) is 63.5 Å². The summed E-state index contributed by atoms with van der Waals surface area (Å²) in [5.41, 5.74) is 2.66. The van der Waals surface area contributed by atoms with Gasteiger partial charge in [0.05, 0.1) is 16.7 Å². The van der Waals surface area contributed by atoms with Crippen LogP contribution in [0.5, 0.6) is 0 Å². The lowest BCUT2D eigenvalue weighted by molar-refractivity contribution is 0.113. The van der Waals surface area contributed by atoms with E-state index in [9.17, 15) is 14.4 Å². The maximum atomic E-state index is 13.7. The number of carbonyl (C=O) groups excluding carboxylic acids is 1. The average molecular weight is 537 g/mol. The lowest BCUT2D eigenvalue weighted by Gasteiger charge is -2.40. The van der Waals surface area contributed by atoms with Crippen molar-refractivity contribution in [3.05, 3.63) is 64.4 Å². The van der Waals surface area contributed by atoms with Crippen molar-refractivity contribution in [1.29, 1.82) is 5.26 Å². The molecule has 38 heavy (non-hydrogen) atoms. The van der Waals surface area contributed by atoms with Gasteiger partial charge in [0.15, 0.2) is 0 Å². The predicted molar refractivity (Wildman–Crippen MR) is 150 cm³/mol. The molecule has 2 aliphatic carbocycles. The van der Waals surface area contributed by atoms with E-state index in [1.165, 1.54) is 17.7 Å². The molecule has 0 radical (unpaired) electrons. The van der Waals surface area contributed by atoms with Gasteiger partial charge in [-0.1, -0.05) is 37.6 Å². The number of halogens is 2. The summed E-state index contributed by atoms with van der Waals surface area (Å²) >= 11 is 5.99. The standard InChI is InChI=1S/C31H38ClFN4O/c1-21(2)19-36-12-9-22(10-13-36)20-37(30(38)35-26-6-7-29(33)28(32)16-26)27-8-11-31(17-25(31)15-27)24-5-3-4-23(14-24)18-34/h3-7,14,16,21-22,25,27H,8-13,15,17,19-20H2,1-2H3,(H,35,38)/t25?,27?,31-/m1/s1. The number of nitriles is 1. The molecule has 0 bridgehead atoms. The smallest absolute Gasteiger partial charge is 0.321 e. The zero-order valence-corrected chi connectivity index (χ0v) is 23.2. The Morgan fingerprint density at radius 2 is 2.03 bits per heavy atom. The molecular formula is C31H38ClFN4O. The van der Waals surface area contributed by atoms with Crippen LogP contribution in [0.3, 0.4) is 0 Å². The number of amides is 2. The molecule has 2 saturated carbocycles. The number of fused-ring (bicyclic) bond motifs is 1. The van der Waals surface area contributed by atoms with E-state index >= 15 is 0 Å². The minimum absolute atomic E-state index is 0.00639. The van der Waals surface area contributed by atoms with Crippen molar-refractivity contribution in [2.45, 2.75) is 63.8 Å². The molecule has 7 heteroatoms. The van der Waals surface area contributed by atoms with Crippen molar-refractivity contribution in [2.24, 2.45) is 17.8 Å². The molecular weight excluding hydrogens is 499 g/mol. The number of piperidine rings is 1. The van der Waals surface area contributed by atoms with Crippen LogP contribution < -0.4 is 5.32 Å². The highest BCUT2D eigenvalue weighted by Gasteiger charge is 2.58. The molecule has 0 spiro atoms. The van der Waals surface area contributed by atoms with Gasteiger partial charge < -0.3 is 15.1 Å². The zero-order valence-electron chi connectivity index (χ0n) is 22.4. The summed E-state index contributed by atoms with van der Waals surface area (Å²) in [5, 5.41) is 12.4. The van der Waals surface area contributed by atoms with Gasteiger partial charge in [0, 0.05) is 24.8 Å². The third-order valence-corrected chi connectivity index (χ3v) is 9.23. The number of hydrogen-bond acceptors (Lipinski definition) is 3. The SMILES string of the molecule is CC(C)CN1CCC(CN(C(=O)Nc2ccc(F)c(Cl)c2)C2CC[C@]3(c4cccc(C#N)c4)CC3C2)CC1. The Morgan fingerprint density at radius 1 is 1.24 bits per heavy atom. The van der Waals surface area contributed by atoms with Crippen LogP contribution in [-0.4, -0.2) is 48.1 Å². The Morgan fingerprint density at radius 3 is 2.71 bits per heavy atom. The van der Waals surface area contributed by atoms with Gasteiger partial charge in [0.1, 0.15) is 5.82 Å². The van der Waals surface area contributed by atoms with Crippen LogP contribution in [0, 0.1) is 34.9 Å². The summed E-state index contributed by atoms with van der Waals surface area (Å²) in [5.74, 6) is 1.16. The Balaban J connectivity index is 1.29. The second-order valence-corrected chi connectivity index (χ2v) is 12.4. The number of likely N-dealkylation sites (tertiary alicyclic amines) is 1. The number of anilines is 1. The van der Waals surface area contributed by atoms with E-state index in [0.717, 1.165) is 64.7 Å². The topological polar surface area (TPSA) is 59.4 Å². The minimum atomic E-state index is -0.493. The first-order chi connectivity index (χ1) is 18.3. The van der Waals surface area contributed by atoms with E-state index < -0.39 is 5.82 Å². The largest absolute Gasteiger partial charge is 0.322 e. The van der Waals surface area contributed by atoms with Gasteiger partial charge in [0.25, 0.3) is 0 Å². The summed E-state index contributed by atoms with van der Waals surface area (Å²) in [4.78, 5) is 18.3. The number of rotatable bonds is 7. The highest BCUT2D eigenvalue weighted by molar-refractivity contribution is 6.31. The van der Waals surface area contributed by atoms with Crippen LogP contribution in [-0.2, 0) is 5.41 Å². The number of urea groups is 1. The molecule has 2 aromatic carbocycles. The Labute approximate surface area is 230 Å². The molecule has 2 unspecified atom stereocenters. The van der Waals surface area contributed by atoms with Crippen molar-refractivity contribution in [2.75, 3.05) is 31.5 Å². The summed E-state index contributed by atoms with van der Waals surface area (Å²) in [6.45, 7) is 8.55. The van der Waals surface area contributed by atoms with Crippen LogP contribution >= 0.6 is 11.6 Å². The molecule has 5 rings (SSSR count). The van der Waals surface area contributed by atoms with Gasteiger partial charge in [-0.05, 0) is 111 Å². The van der Waals surface area contributed by atoms with E-state index in [1.54, 1.807) is 6.07 Å². The first kappa shape index (κ1) is 27.0. The molecule has 2 amide bonds. The zero-order chi connectivity index (χ0) is 26.9. The fourth-order valence-electron chi connectivity index (χ4n) is 6.86. The molecule has 3 fully saturated rings. The molecule has 1 heterocycles. The summed E-state index contributed by atoms with van der Waals surface area (Å²) < 4.78 is 13.7.